The summed E-state index contributed by atoms with van der Waals surface area (Å²) in [5.41, 5.74) is 2.75. The summed E-state index contributed by atoms with van der Waals surface area (Å²) < 4.78 is 17.3. The molecule has 2 aromatic carbocycles. The molecule has 1 aliphatic carbocycles. The number of anilines is 1. The number of halogens is 2. The number of thiazole rings is 2. The fourth-order valence-electron chi connectivity index (χ4n) is 5.32. The second-order valence-corrected chi connectivity index (χ2v) is 16.9. The van der Waals surface area contributed by atoms with E-state index in [1.54, 1.807) is 28.7 Å². The van der Waals surface area contributed by atoms with Crippen LogP contribution in [0.1, 0.15) is 50.8 Å². The SMILES string of the molecule is CC(C)(C)S(=O)N[C@@H]1c2ccccc2CC12CCN(c1nc3sc(Sc4cccc(Cl)c4Cl)nc3s1)CC2. The van der Waals surface area contributed by atoms with Crippen LogP contribution in [0.25, 0.3) is 9.66 Å². The molecule has 2 aliphatic rings. The maximum atomic E-state index is 13.1. The van der Waals surface area contributed by atoms with Gasteiger partial charge in [-0.1, -0.05) is 88.0 Å². The molecule has 2 atom stereocenters. The zero-order valence-corrected chi connectivity index (χ0v) is 26.1. The minimum Gasteiger partial charge on any atom is -0.348 e. The van der Waals surface area contributed by atoms with E-state index >= 15 is 0 Å². The zero-order valence-electron chi connectivity index (χ0n) is 21.3. The molecule has 3 heterocycles. The number of benzene rings is 2. The molecule has 1 aliphatic heterocycles. The molecule has 1 unspecified atom stereocenters. The highest BCUT2D eigenvalue weighted by Gasteiger charge is 2.49. The summed E-state index contributed by atoms with van der Waals surface area (Å²) in [7, 11) is -1.13. The predicted molar refractivity (Wildman–Crippen MR) is 164 cm³/mol. The molecule has 2 aromatic heterocycles. The van der Waals surface area contributed by atoms with Crippen molar-refractivity contribution in [3.8, 4) is 0 Å². The molecule has 1 N–H and O–H groups in total. The lowest BCUT2D eigenvalue weighted by Crippen LogP contribution is -2.47. The van der Waals surface area contributed by atoms with Gasteiger partial charge in [-0.05, 0) is 68.7 Å². The van der Waals surface area contributed by atoms with E-state index in [-0.39, 0.29) is 16.2 Å². The van der Waals surface area contributed by atoms with Crippen LogP contribution >= 0.6 is 57.6 Å². The van der Waals surface area contributed by atoms with Gasteiger partial charge in [0, 0.05) is 18.0 Å². The Balaban J connectivity index is 1.18. The average Bonchev–Trinajstić information content (AvgIpc) is 3.53. The molecule has 1 fully saturated rings. The topological polar surface area (TPSA) is 58.1 Å². The Bertz CT molecular complexity index is 1490. The Labute approximate surface area is 247 Å². The Kier molecular flexibility index (Phi) is 7.33. The molecule has 0 bridgehead atoms. The van der Waals surface area contributed by atoms with E-state index in [1.165, 1.54) is 22.9 Å². The molecule has 38 heavy (non-hydrogen) atoms. The number of piperidine rings is 1. The van der Waals surface area contributed by atoms with Crippen molar-refractivity contribution in [3.63, 3.8) is 0 Å². The van der Waals surface area contributed by atoms with Gasteiger partial charge in [-0.3, -0.25) is 0 Å². The van der Waals surface area contributed by atoms with Crippen molar-refractivity contribution in [3.05, 3.63) is 63.6 Å². The number of hydrogen-bond acceptors (Lipinski definition) is 7. The fourth-order valence-corrected chi connectivity index (χ4v) is 9.96. The summed E-state index contributed by atoms with van der Waals surface area (Å²) in [6, 6.07) is 14.4. The first kappa shape index (κ1) is 27.0. The van der Waals surface area contributed by atoms with Crippen LogP contribution < -0.4 is 9.62 Å². The summed E-state index contributed by atoms with van der Waals surface area (Å²) in [4.78, 5) is 15.0. The smallest absolute Gasteiger partial charge is 0.188 e. The van der Waals surface area contributed by atoms with Gasteiger partial charge in [0.05, 0.1) is 31.8 Å². The number of nitrogens with zero attached hydrogens (tertiary/aromatic N) is 3. The average molecular weight is 624 g/mol. The molecule has 6 rings (SSSR count). The Morgan fingerprint density at radius 1 is 1.05 bits per heavy atom. The van der Waals surface area contributed by atoms with Crippen molar-refractivity contribution >= 4 is 83.4 Å². The van der Waals surface area contributed by atoms with E-state index in [2.05, 4.69) is 33.9 Å². The molecule has 0 saturated carbocycles. The summed E-state index contributed by atoms with van der Waals surface area (Å²) in [6.45, 7) is 7.94. The van der Waals surface area contributed by atoms with Gasteiger partial charge in [0.25, 0.3) is 0 Å². The third kappa shape index (κ3) is 5.04. The van der Waals surface area contributed by atoms with Gasteiger partial charge < -0.3 is 4.90 Å². The highest BCUT2D eigenvalue weighted by atomic mass is 35.5. The summed E-state index contributed by atoms with van der Waals surface area (Å²) in [5.74, 6) is 0. The van der Waals surface area contributed by atoms with E-state index in [0.29, 0.717) is 10.0 Å². The van der Waals surface area contributed by atoms with Crippen LogP contribution in [-0.4, -0.2) is 32.0 Å². The third-order valence-electron chi connectivity index (χ3n) is 7.39. The van der Waals surface area contributed by atoms with Crippen molar-refractivity contribution in [2.75, 3.05) is 18.0 Å². The van der Waals surface area contributed by atoms with E-state index in [1.807, 2.05) is 32.9 Å². The van der Waals surface area contributed by atoms with Gasteiger partial charge in [-0.15, -0.1) is 0 Å². The van der Waals surface area contributed by atoms with Gasteiger partial charge in [0.2, 0.25) is 0 Å². The normalized spacial score (nSPS) is 19.8. The van der Waals surface area contributed by atoms with Crippen molar-refractivity contribution in [1.82, 2.24) is 14.7 Å². The van der Waals surface area contributed by atoms with Crippen LogP contribution in [0.5, 0.6) is 0 Å². The van der Waals surface area contributed by atoms with Gasteiger partial charge in [-0.2, -0.15) is 0 Å². The van der Waals surface area contributed by atoms with Gasteiger partial charge >= 0.3 is 0 Å². The van der Waals surface area contributed by atoms with Crippen LogP contribution in [-0.2, 0) is 17.4 Å². The quantitative estimate of drug-likeness (QED) is 0.243. The van der Waals surface area contributed by atoms with E-state index in [4.69, 9.17) is 33.2 Å². The number of nitrogens with one attached hydrogen (secondary N) is 1. The van der Waals surface area contributed by atoms with Crippen LogP contribution in [0.15, 0.2) is 51.7 Å². The minimum absolute atomic E-state index is 0.0635. The first-order chi connectivity index (χ1) is 18.1. The van der Waals surface area contributed by atoms with Gasteiger partial charge in [-0.25, -0.2) is 18.9 Å². The number of hydrogen-bond donors (Lipinski definition) is 1. The number of rotatable bonds is 5. The largest absolute Gasteiger partial charge is 0.348 e. The van der Waals surface area contributed by atoms with Crippen LogP contribution in [0.2, 0.25) is 10.0 Å². The molecule has 1 saturated heterocycles. The molecular weight excluding hydrogens is 595 g/mol. The highest BCUT2D eigenvalue weighted by Crippen LogP contribution is 2.53. The van der Waals surface area contributed by atoms with Gasteiger partial charge in [0.1, 0.15) is 0 Å². The summed E-state index contributed by atoms with van der Waals surface area (Å²) in [6.07, 6.45) is 3.07. The first-order valence-electron chi connectivity index (χ1n) is 12.5. The fraction of sp³-hybridized carbons (Fsp3) is 0.407. The first-order valence-corrected chi connectivity index (χ1v) is 16.9. The van der Waals surface area contributed by atoms with Crippen molar-refractivity contribution in [2.45, 2.75) is 60.1 Å². The molecule has 0 amide bonds. The lowest BCUT2D eigenvalue weighted by Gasteiger charge is -2.44. The second kappa shape index (κ2) is 10.3. The lowest BCUT2D eigenvalue weighted by molar-refractivity contribution is 0.177. The molecule has 4 aromatic rings. The third-order valence-corrected chi connectivity index (χ3v) is 13.1. The predicted octanol–water partition coefficient (Wildman–Crippen LogP) is 8.15. The van der Waals surface area contributed by atoms with E-state index < -0.39 is 11.0 Å². The number of fused-ring (bicyclic) bond motifs is 2. The monoisotopic (exact) mass is 622 g/mol. The minimum atomic E-state index is -1.13. The molecule has 0 radical (unpaired) electrons. The molecule has 200 valence electrons. The lowest BCUT2D eigenvalue weighted by atomic mass is 9.73. The van der Waals surface area contributed by atoms with E-state index in [9.17, 15) is 4.21 Å². The van der Waals surface area contributed by atoms with Gasteiger partial charge in [0.15, 0.2) is 19.1 Å². The molecular formula is C27H28Cl2N4OS4. The maximum Gasteiger partial charge on any atom is 0.188 e. The molecule has 1 spiro atoms. The Hall–Kier alpha value is -1.20. The number of aromatic nitrogens is 2. The Morgan fingerprint density at radius 3 is 2.53 bits per heavy atom. The summed E-state index contributed by atoms with van der Waals surface area (Å²) in [5, 5.41) is 2.14. The maximum absolute atomic E-state index is 13.1. The standard InChI is InChI=1S/C27H28Cl2N4OS4/c1-26(2,3)38(34)32-21-17-8-5-4-7-16(17)15-27(21)11-13-33(14-12-27)24-30-22-23(36-24)31-25(37-22)35-19-10-6-9-18(28)20(19)29/h4-10,21,32H,11-15H2,1-3H3/t21-,38?/m1/s1. The van der Waals surface area contributed by atoms with Crippen LogP contribution in [0.3, 0.4) is 0 Å². The van der Waals surface area contributed by atoms with Crippen molar-refractivity contribution < 1.29 is 4.21 Å². The van der Waals surface area contributed by atoms with Crippen LogP contribution in [0, 0.1) is 5.41 Å². The van der Waals surface area contributed by atoms with Crippen molar-refractivity contribution in [1.29, 1.82) is 0 Å². The molecule has 11 heteroatoms. The van der Waals surface area contributed by atoms with Crippen molar-refractivity contribution in [2.24, 2.45) is 5.41 Å². The highest BCUT2D eigenvalue weighted by molar-refractivity contribution is 8.01. The van der Waals surface area contributed by atoms with Crippen LogP contribution in [0.4, 0.5) is 5.13 Å². The Morgan fingerprint density at radius 2 is 1.79 bits per heavy atom. The van der Waals surface area contributed by atoms with E-state index in [0.717, 1.165) is 56.4 Å². The zero-order chi connectivity index (χ0) is 26.7. The molecule has 5 nitrogen and oxygen atoms in total. The second-order valence-electron chi connectivity index (χ2n) is 10.9. The summed E-state index contributed by atoms with van der Waals surface area (Å²) >= 11 is 17.3.